The van der Waals surface area contributed by atoms with E-state index in [1.54, 1.807) is 10.9 Å². The Morgan fingerprint density at radius 2 is 1.93 bits per heavy atom. The van der Waals surface area contributed by atoms with Gasteiger partial charge in [-0.2, -0.15) is 5.10 Å². The summed E-state index contributed by atoms with van der Waals surface area (Å²) in [5.41, 5.74) is 2.39. The Morgan fingerprint density at radius 3 is 2.52 bits per heavy atom. The van der Waals surface area contributed by atoms with Gasteiger partial charge in [0.05, 0.1) is 18.4 Å². The summed E-state index contributed by atoms with van der Waals surface area (Å²) in [5, 5.41) is 15.3. The third-order valence-corrected chi connectivity index (χ3v) is 4.01. The highest BCUT2D eigenvalue weighted by atomic mass is 16.7. The molecule has 1 unspecified atom stereocenters. The van der Waals surface area contributed by atoms with Crippen LogP contribution in [0, 0.1) is 19.8 Å². The molecule has 9 nitrogen and oxygen atoms in total. The molecule has 0 radical (unpaired) electrons. The lowest BCUT2D eigenvalue weighted by atomic mass is 10.2. The van der Waals surface area contributed by atoms with Gasteiger partial charge >= 0.3 is 0 Å². The van der Waals surface area contributed by atoms with E-state index in [9.17, 15) is 4.79 Å². The average Bonchev–Trinajstić information content (AvgIpc) is 3.19. The first kappa shape index (κ1) is 21.0. The summed E-state index contributed by atoms with van der Waals surface area (Å²) in [7, 11) is 0. The van der Waals surface area contributed by atoms with Crippen LogP contribution in [-0.2, 0) is 22.6 Å². The number of aromatic nitrogens is 5. The number of carbonyl (C=O) groups is 1. The summed E-state index contributed by atoms with van der Waals surface area (Å²) in [5.74, 6) is -0.00637. The van der Waals surface area contributed by atoms with E-state index in [-0.39, 0.29) is 17.5 Å². The molecule has 0 spiro atoms. The van der Waals surface area contributed by atoms with E-state index in [0.29, 0.717) is 26.3 Å². The van der Waals surface area contributed by atoms with Gasteiger partial charge in [0.1, 0.15) is 0 Å². The molecule has 0 bridgehead atoms. The van der Waals surface area contributed by atoms with Crippen molar-refractivity contribution in [2.45, 2.75) is 54.0 Å². The Balaban J connectivity index is 1.83. The normalized spacial score (nSPS) is 12.5. The van der Waals surface area contributed by atoms with E-state index in [1.165, 1.54) is 0 Å². The molecule has 27 heavy (non-hydrogen) atoms. The molecular weight excluding hydrogens is 348 g/mol. The van der Waals surface area contributed by atoms with Crippen LogP contribution in [0.1, 0.15) is 42.6 Å². The van der Waals surface area contributed by atoms with E-state index in [2.05, 4.69) is 27.7 Å². The first-order valence-corrected chi connectivity index (χ1v) is 9.35. The molecule has 2 aromatic rings. The van der Waals surface area contributed by atoms with Gasteiger partial charge in [-0.25, -0.2) is 4.68 Å². The molecule has 0 fully saturated rings. The smallest absolute Gasteiger partial charge is 0.273 e. The van der Waals surface area contributed by atoms with E-state index in [4.69, 9.17) is 9.47 Å². The largest absolute Gasteiger partial charge is 0.351 e. The van der Waals surface area contributed by atoms with Crippen molar-refractivity contribution in [1.29, 1.82) is 0 Å². The number of amides is 1. The van der Waals surface area contributed by atoms with Crippen LogP contribution in [0.15, 0.2) is 12.3 Å². The molecule has 2 heterocycles. The first-order chi connectivity index (χ1) is 12.9. The number of nitrogens with zero attached hydrogens (tertiary/aromatic N) is 5. The summed E-state index contributed by atoms with van der Waals surface area (Å²) in [6.07, 6.45) is 1.20. The summed E-state index contributed by atoms with van der Waals surface area (Å²) in [4.78, 5) is 12.3. The number of aryl methyl sites for hydroxylation is 2. The van der Waals surface area contributed by atoms with Crippen LogP contribution in [0.25, 0.3) is 0 Å². The van der Waals surface area contributed by atoms with Crippen LogP contribution in [0.5, 0.6) is 0 Å². The van der Waals surface area contributed by atoms with Crippen molar-refractivity contribution in [3.05, 3.63) is 29.3 Å². The topological polar surface area (TPSA) is 96.1 Å². The fourth-order valence-corrected chi connectivity index (χ4v) is 2.75. The minimum absolute atomic E-state index is 0.238. The summed E-state index contributed by atoms with van der Waals surface area (Å²) < 4.78 is 14.5. The molecule has 2 aromatic heterocycles. The zero-order valence-corrected chi connectivity index (χ0v) is 16.8. The average molecular weight is 378 g/mol. The fourth-order valence-electron chi connectivity index (χ4n) is 2.75. The molecule has 150 valence electrons. The van der Waals surface area contributed by atoms with E-state index in [0.717, 1.165) is 17.9 Å². The maximum atomic E-state index is 12.3. The Hall–Kier alpha value is -2.26. The Labute approximate surface area is 160 Å². The Bertz CT molecular complexity index is 721. The van der Waals surface area contributed by atoms with Gasteiger partial charge in [0, 0.05) is 32.0 Å². The van der Waals surface area contributed by atoms with Crippen molar-refractivity contribution in [3.8, 4) is 0 Å². The molecule has 2 rings (SSSR count). The molecule has 1 atom stereocenters. The molecule has 9 heteroatoms. The fraction of sp³-hybridized carbons (Fsp3) is 0.667. The van der Waals surface area contributed by atoms with Crippen molar-refractivity contribution in [1.82, 2.24) is 30.1 Å². The summed E-state index contributed by atoms with van der Waals surface area (Å²) in [6.45, 7) is 12.6. The highest BCUT2D eigenvalue weighted by molar-refractivity contribution is 5.91. The van der Waals surface area contributed by atoms with E-state index >= 15 is 0 Å². The van der Waals surface area contributed by atoms with Crippen LogP contribution < -0.4 is 5.32 Å². The van der Waals surface area contributed by atoms with Crippen LogP contribution in [0.3, 0.4) is 0 Å². The molecular formula is C18H30N6O3. The lowest BCUT2D eigenvalue weighted by Crippen LogP contribution is -2.30. The monoisotopic (exact) mass is 378 g/mol. The predicted octanol–water partition coefficient (Wildman–Crippen LogP) is 1.56. The van der Waals surface area contributed by atoms with E-state index in [1.807, 2.05) is 38.4 Å². The highest BCUT2D eigenvalue weighted by Gasteiger charge is 2.15. The lowest BCUT2D eigenvalue weighted by Gasteiger charge is -2.16. The molecule has 0 aliphatic rings. The van der Waals surface area contributed by atoms with Gasteiger partial charge in [-0.1, -0.05) is 12.1 Å². The lowest BCUT2D eigenvalue weighted by molar-refractivity contribution is -0.145. The third kappa shape index (κ3) is 6.44. The number of hydrogen-bond acceptors (Lipinski definition) is 6. The highest BCUT2D eigenvalue weighted by Crippen LogP contribution is 2.06. The van der Waals surface area contributed by atoms with Gasteiger partial charge in [-0.15, -0.1) is 5.10 Å². The number of ether oxygens (including phenoxy) is 2. The number of rotatable bonds is 11. The summed E-state index contributed by atoms with van der Waals surface area (Å²) >= 11 is 0. The minimum atomic E-state index is -0.404. The van der Waals surface area contributed by atoms with Gasteiger partial charge in [-0.05, 0) is 39.7 Å². The molecule has 0 saturated carbocycles. The third-order valence-electron chi connectivity index (χ3n) is 4.01. The Kier molecular flexibility index (Phi) is 7.93. The second-order valence-corrected chi connectivity index (χ2v) is 6.59. The number of nitrogens with one attached hydrogen (secondary N) is 1. The van der Waals surface area contributed by atoms with Crippen molar-refractivity contribution in [2.75, 3.05) is 19.8 Å². The molecule has 0 saturated heterocycles. The van der Waals surface area contributed by atoms with Gasteiger partial charge in [0.15, 0.2) is 12.0 Å². The zero-order chi connectivity index (χ0) is 19.8. The second-order valence-electron chi connectivity index (χ2n) is 6.59. The predicted molar refractivity (Wildman–Crippen MR) is 100 cm³/mol. The van der Waals surface area contributed by atoms with Crippen LogP contribution in [0.2, 0.25) is 0 Å². The van der Waals surface area contributed by atoms with Crippen molar-refractivity contribution in [3.63, 3.8) is 0 Å². The molecule has 0 aliphatic carbocycles. The maximum Gasteiger partial charge on any atom is 0.273 e. The summed E-state index contributed by atoms with van der Waals surface area (Å²) in [6, 6.07) is 2.04. The Morgan fingerprint density at radius 1 is 1.22 bits per heavy atom. The van der Waals surface area contributed by atoms with Gasteiger partial charge in [-0.3, -0.25) is 9.48 Å². The van der Waals surface area contributed by atoms with Crippen molar-refractivity contribution in [2.24, 2.45) is 5.92 Å². The quantitative estimate of drug-likeness (QED) is 0.596. The first-order valence-electron chi connectivity index (χ1n) is 9.35. The number of hydrogen-bond donors (Lipinski definition) is 1. The molecule has 1 amide bonds. The van der Waals surface area contributed by atoms with Crippen LogP contribution in [0.4, 0.5) is 0 Å². The van der Waals surface area contributed by atoms with Crippen LogP contribution >= 0.6 is 0 Å². The maximum absolute atomic E-state index is 12.3. The van der Waals surface area contributed by atoms with Crippen LogP contribution in [-0.4, -0.2) is 56.7 Å². The molecule has 0 aromatic carbocycles. The number of carbonyl (C=O) groups excluding carboxylic acids is 1. The van der Waals surface area contributed by atoms with Gasteiger partial charge < -0.3 is 14.8 Å². The van der Waals surface area contributed by atoms with Gasteiger partial charge in [0.2, 0.25) is 0 Å². The molecule has 0 aliphatic heterocycles. The SMILES string of the molecule is CCOC(Cn1cc(C(=O)NCC(C)Cn2nc(C)cc2C)nn1)OCC. The van der Waals surface area contributed by atoms with Crippen molar-refractivity contribution < 1.29 is 14.3 Å². The zero-order valence-electron chi connectivity index (χ0n) is 16.8. The molecule has 1 N–H and O–H groups in total. The minimum Gasteiger partial charge on any atom is -0.351 e. The van der Waals surface area contributed by atoms with Gasteiger partial charge in [0.25, 0.3) is 5.91 Å². The standard InChI is InChI=1S/C18H30N6O3/c1-6-26-17(27-7-2)12-23-11-16(20-22-23)18(25)19-9-13(3)10-24-15(5)8-14(4)21-24/h8,11,13,17H,6-7,9-10,12H2,1-5H3,(H,19,25). The van der Waals surface area contributed by atoms with E-state index < -0.39 is 6.29 Å². The van der Waals surface area contributed by atoms with Crippen molar-refractivity contribution >= 4 is 5.91 Å². The second kappa shape index (κ2) is 10.2.